The Bertz CT molecular complexity index is 1300. The van der Waals surface area contributed by atoms with Crippen LogP contribution in [0.3, 0.4) is 0 Å². The van der Waals surface area contributed by atoms with E-state index in [9.17, 15) is 18.4 Å². The number of rotatable bonds is 10. The Labute approximate surface area is 222 Å². The molecule has 1 aliphatic heterocycles. The first-order valence-electron chi connectivity index (χ1n) is 13.0. The summed E-state index contributed by atoms with van der Waals surface area (Å²) in [5, 5.41) is 6.40. The third kappa shape index (κ3) is 7.25. The molecule has 3 aromatic rings. The Balaban J connectivity index is 1.45. The van der Waals surface area contributed by atoms with Crippen molar-refractivity contribution in [2.45, 2.75) is 64.6 Å². The van der Waals surface area contributed by atoms with E-state index in [1.54, 1.807) is 18.2 Å². The SMILES string of the molecule is CCc1cccc(CNCC[C@@H](Cc2cc(F)cc(F)c2)NC(=O)c2ccc3c(c2)C(=O)CC(C)(C)O3)c1. The molecule has 1 amide bonds. The number of carbonyl (C=O) groups excluding carboxylic acids is 2. The van der Waals surface area contributed by atoms with Crippen LogP contribution in [-0.4, -0.2) is 29.9 Å². The predicted molar refractivity (Wildman–Crippen MR) is 144 cm³/mol. The van der Waals surface area contributed by atoms with Crippen molar-refractivity contribution in [1.29, 1.82) is 0 Å². The molecule has 1 atom stereocenters. The molecule has 0 spiro atoms. The average Bonchev–Trinajstić information content (AvgIpc) is 2.85. The van der Waals surface area contributed by atoms with Crippen LogP contribution in [0.4, 0.5) is 8.78 Å². The minimum atomic E-state index is -0.657. The molecule has 5 nitrogen and oxygen atoms in total. The van der Waals surface area contributed by atoms with Gasteiger partial charge in [0.1, 0.15) is 23.0 Å². The Morgan fingerprint density at radius 3 is 2.47 bits per heavy atom. The van der Waals surface area contributed by atoms with Gasteiger partial charge in [-0.3, -0.25) is 9.59 Å². The molecule has 0 bridgehead atoms. The number of aryl methyl sites for hydroxylation is 1. The van der Waals surface area contributed by atoms with Crippen molar-refractivity contribution in [1.82, 2.24) is 10.6 Å². The number of hydrogen-bond acceptors (Lipinski definition) is 4. The van der Waals surface area contributed by atoms with Gasteiger partial charge < -0.3 is 15.4 Å². The molecule has 1 heterocycles. The monoisotopic (exact) mass is 520 g/mol. The van der Waals surface area contributed by atoms with Gasteiger partial charge in [-0.25, -0.2) is 8.78 Å². The van der Waals surface area contributed by atoms with Gasteiger partial charge in [0.2, 0.25) is 0 Å². The van der Waals surface area contributed by atoms with Crippen LogP contribution in [0.15, 0.2) is 60.7 Å². The van der Waals surface area contributed by atoms with Crippen LogP contribution in [0, 0.1) is 11.6 Å². The molecule has 0 radical (unpaired) electrons. The molecule has 0 aromatic heterocycles. The number of benzene rings is 3. The third-order valence-electron chi connectivity index (χ3n) is 6.65. The topological polar surface area (TPSA) is 67.4 Å². The molecule has 3 aromatic carbocycles. The smallest absolute Gasteiger partial charge is 0.251 e. The minimum Gasteiger partial charge on any atom is -0.487 e. The fourth-order valence-corrected chi connectivity index (χ4v) is 4.77. The van der Waals surface area contributed by atoms with Crippen LogP contribution < -0.4 is 15.4 Å². The van der Waals surface area contributed by atoms with Crippen molar-refractivity contribution in [3.8, 4) is 5.75 Å². The first kappa shape index (κ1) is 27.5. The molecule has 0 saturated carbocycles. The van der Waals surface area contributed by atoms with Gasteiger partial charge in [-0.2, -0.15) is 0 Å². The zero-order valence-electron chi connectivity index (χ0n) is 22.1. The lowest BCUT2D eigenvalue weighted by Gasteiger charge is -2.31. The summed E-state index contributed by atoms with van der Waals surface area (Å²) in [6, 6.07) is 16.2. The number of carbonyl (C=O) groups is 2. The van der Waals surface area contributed by atoms with E-state index in [-0.39, 0.29) is 30.6 Å². The first-order chi connectivity index (χ1) is 18.1. The van der Waals surface area contributed by atoms with Gasteiger partial charge in [0.25, 0.3) is 5.91 Å². The lowest BCUT2D eigenvalue weighted by atomic mass is 9.92. The highest BCUT2D eigenvalue weighted by Crippen LogP contribution is 2.33. The zero-order valence-corrected chi connectivity index (χ0v) is 22.1. The minimum absolute atomic E-state index is 0.0750. The van der Waals surface area contributed by atoms with Crippen molar-refractivity contribution < 1.29 is 23.1 Å². The van der Waals surface area contributed by atoms with E-state index >= 15 is 0 Å². The number of nitrogens with one attached hydrogen (secondary N) is 2. The number of ketones is 1. The second-order valence-electron chi connectivity index (χ2n) is 10.5. The lowest BCUT2D eigenvalue weighted by Crippen LogP contribution is -2.39. The Hall–Kier alpha value is -3.58. The zero-order chi connectivity index (χ0) is 27.3. The van der Waals surface area contributed by atoms with Crippen molar-refractivity contribution in [2.24, 2.45) is 0 Å². The summed E-state index contributed by atoms with van der Waals surface area (Å²) in [7, 11) is 0. The number of ether oxygens (including phenoxy) is 1. The summed E-state index contributed by atoms with van der Waals surface area (Å²) in [5.41, 5.74) is 3.02. The van der Waals surface area contributed by atoms with E-state index in [4.69, 9.17) is 4.74 Å². The van der Waals surface area contributed by atoms with Crippen molar-refractivity contribution >= 4 is 11.7 Å². The summed E-state index contributed by atoms with van der Waals surface area (Å²) in [6.07, 6.45) is 1.99. The highest BCUT2D eigenvalue weighted by molar-refractivity contribution is 6.03. The van der Waals surface area contributed by atoms with Crippen LogP contribution in [0.25, 0.3) is 0 Å². The maximum Gasteiger partial charge on any atom is 0.251 e. The maximum atomic E-state index is 13.8. The molecule has 4 rings (SSSR count). The highest BCUT2D eigenvalue weighted by Gasteiger charge is 2.33. The number of Topliss-reactive ketones (excluding diaryl/α,β-unsaturated/α-hetero) is 1. The van der Waals surface area contributed by atoms with Gasteiger partial charge in [0.05, 0.1) is 12.0 Å². The standard InChI is InChI=1S/C31H34F2N2O3/c1-4-20-6-5-7-21(12-20)19-34-11-10-26(15-22-13-24(32)17-25(33)14-22)35-30(37)23-8-9-29-27(16-23)28(36)18-31(2,3)38-29/h5-9,12-14,16-17,26,34H,4,10-11,15,18-19H2,1-3H3,(H,35,37)/t26-/m0/s1. The van der Waals surface area contributed by atoms with Crippen LogP contribution in [0.5, 0.6) is 5.75 Å². The summed E-state index contributed by atoms with van der Waals surface area (Å²) in [6.45, 7) is 7.07. The molecular weight excluding hydrogens is 486 g/mol. The quantitative estimate of drug-likeness (QED) is 0.332. The van der Waals surface area contributed by atoms with E-state index in [1.165, 1.54) is 23.3 Å². The van der Waals surface area contributed by atoms with Gasteiger partial charge in [0, 0.05) is 24.2 Å². The van der Waals surface area contributed by atoms with E-state index in [0.29, 0.717) is 42.0 Å². The Morgan fingerprint density at radius 2 is 1.74 bits per heavy atom. The summed E-state index contributed by atoms with van der Waals surface area (Å²) in [4.78, 5) is 25.8. The van der Waals surface area contributed by atoms with Crippen molar-refractivity contribution in [3.05, 3.63) is 100 Å². The number of amides is 1. The van der Waals surface area contributed by atoms with Gasteiger partial charge in [-0.1, -0.05) is 31.2 Å². The molecule has 1 aliphatic rings. The van der Waals surface area contributed by atoms with Gasteiger partial charge in [-0.15, -0.1) is 0 Å². The molecule has 0 fully saturated rings. The predicted octanol–water partition coefficient (Wildman–Crippen LogP) is 5.79. The van der Waals surface area contributed by atoms with E-state index in [1.807, 2.05) is 19.9 Å². The highest BCUT2D eigenvalue weighted by atomic mass is 19.1. The van der Waals surface area contributed by atoms with Gasteiger partial charge in [0.15, 0.2) is 5.78 Å². The second kappa shape index (κ2) is 11.9. The summed E-state index contributed by atoms with van der Waals surface area (Å²) >= 11 is 0. The second-order valence-corrected chi connectivity index (χ2v) is 10.5. The Morgan fingerprint density at radius 1 is 1.00 bits per heavy atom. The molecule has 0 unspecified atom stereocenters. The largest absolute Gasteiger partial charge is 0.487 e. The van der Waals surface area contributed by atoms with Crippen molar-refractivity contribution in [3.63, 3.8) is 0 Å². The molecule has 2 N–H and O–H groups in total. The average molecular weight is 521 g/mol. The molecule has 0 saturated heterocycles. The fraction of sp³-hybridized carbons (Fsp3) is 0.355. The van der Waals surface area contributed by atoms with Crippen LogP contribution in [-0.2, 0) is 19.4 Å². The molecule has 38 heavy (non-hydrogen) atoms. The van der Waals surface area contributed by atoms with Crippen LogP contribution >= 0.6 is 0 Å². The van der Waals surface area contributed by atoms with E-state index in [2.05, 4.69) is 35.8 Å². The van der Waals surface area contributed by atoms with Crippen molar-refractivity contribution in [2.75, 3.05) is 6.54 Å². The fourth-order valence-electron chi connectivity index (χ4n) is 4.77. The molecule has 200 valence electrons. The maximum absolute atomic E-state index is 13.8. The number of hydrogen-bond donors (Lipinski definition) is 2. The lowest BCUT2D eigenvalue weighted by molar-refractivity contribution is 0.0620. The van der Waals surface area contributed by atoms with E-state index in [0.717, 1.165) is 12.5 Å². The molecular formula is C31H34F2N2O3. The molecule has 7 heteroatoms. The first-order valence-corrected chi connectivity index (χ1v) is 13.0. The van der Waals surface area contributed by atoms with E-state index < -0.39 is 17.2 Å². The number of halogens is 2. The summed E-state index contributed by atoms with van der Waals surface area (Å²) in [5.74, 6) is -1.28. The molecule has 0 aliphatic carbocycles. The Kier molecular flexibility index (Phi) is 8.57. The summed E-state index contributed by atoms with van der Waals surface area (Å²) < 4.78 is 33.6. The number of fused-ring (bicyclic) bond motifs is 1. The normalized spacial score (nSPS) is 14.9. The van der Waals surface area contributed by atoms with Gasteiger partial charge in [-0.05, 0) is 86.7 Å². The van der Waals surface area contributed by atoms with Crippen LogP contribution in [0.2, 0.25) is 0 Å². The van der Waals surface area contributed by atoms with Gasteiger partial charge >= 0.3 is 0 Å². The van der Waals surface area contributed by atoms with Crippen LogP contribution in [0.1, 0.15) is 71.0 Å². The third-order valence-corrected chi connectivity index (χ3v) is 6.65.